The summed E-state index contributed by atoms with van der Waals surface area (Å²) < 4.78 is 32.5. The van der Waals surface area contributed by atoms with Crippen molar-refractivity contribution in [3.05, 3.63) is 88.4 Å². The number of imide groups is 1. The van der Waals surface area contributed by atoms with Crippen molar-refractivity contribution in [3.8, 4) is 11.5 Å². The van der Waals surface area contributed by atoms with Gasteiger partial charge < -0.3 is 19.5 Å². The molecule has 0 saturated carbocycles. The highest BCUT2D eigenvalue weighted by Crippen LogP contribution is 2.34. The monoisotopic (exact) mass is 643 g/mol. The van der Waals surface area contributed by atoms with Gasteiger partial charge in [0.25, 0.3) is 11.8 Å². The number of para-hydroxylation sites is 1. The van der Waals surface area contributed by atoms with E-state index >= 15 is 0 Å². The zero-order valence-corrected chi connectivity index (χ0v) is 26.1. The molecule has 1 aliphatic rings. The number of nitrogens with zero attached hydrogens (tertiary/aromatic N) is 3. The van der Waals surface area contributed by atoms with Gasteiger partial charge in [-0.15, -0.1) is 0 Å². The Balaban J connectivity index is 1.56. The number of nitrogens with one attached hydrogen (secondary N) is 2. The molecular formula is C30H31ClFN5O6S. The molecule has 4 rings (SSSR count). The molecule has 0 radical (unpaired) electrons. The molecule has 1 aromatic carbocycles. The number of amides is 3. The molecule has 0 bridgehead atoms. The molecule has 14 heteroatoms. The fourth-order valence-corrected chi connectivity index (χ4v) is 5.11. The fraction of sp³-hybridized carbons (Fsp3) is 0.300. The van der Waals surface area contributed by atoms with E-state index in [1.807, 2.05) is 0 Å². The van der Waals surface area contributed by atoms with E-state index in [0.717, 1.165) is 23.0 Å². The third-order valence-corrected chi connectivity index (χ3v) is 7.23. The largest absolute Gasteiger partial charge is 0.494 e. The number of aromatic nitrogens is 2. The lowest BCUT2D eigenvalue weighted by atomic mass is 10.0. The van der Waals surface area contributed by atoms with E-state index in [1.165, 1.54) is 25.4 Å². The van der Waals surface area contributed by atoms with Gasteiger partial charge in [-0.25, -0.2) is 14.1 Å². The Labute approximate surface area is 263 Å². The summed E-state index contributed by atoms with van der Waals surface area (Å²) >= 11 is 7.12. The minimum absolute atomic E-state index is 0.00193. The molecule has 2 aromatic heterocycles. The van der Waals surface area contributed by atoms with Crippen molar-refractivity contribution >= 4 is 41.5 Å². The van der Waals surface area contributed by atoms with Gasteiger partial charge in [-0.05, 0) is 63.1 Å². The maximum Gasteiger partial charge on any atom is 0.417 e. The van der Waals surface area contributed by atoms with Crippen LogP contribution in [0.2, 0.25) is 5.02 Å². The quantitative estimate of drug-likeness (QED) is 0.225. The van der Waals surface area contributed by atoms with E-state index in [1.54, 1.807) is 51.2 Å². The lowest BCUT2D eigenvalue weighted by molar-refractivity contribution is -0.130. The highest BCUT2D eigenvalue weighted by Gasteiger charge is 2.37. The summed E-state index contributed by atoms with van der Waals surface area (Å²) in [6.45, 7) is 5.29. The van der Waals surface area contributed by atoms with Crippen molar-refractivity contribution in [3.63, 3.8) is 0 Å². The van der Waals surface area contributed by atoms with Crippen LogP contribution in [-0.4, -0.2) is 52.0 Å². The molecule has 0 saturated heterocycles. The van der Waals surface area contributed by atoms with E-state index in [9.17, 15) is 18.8 Å². The molecule has 0 spiro atoms. The highest BCUT2D eigenvalue weighted by molar-refractivity contribution is 7.98. The van der Waals surface area contributed by atoms with Crippen LogP contribution in [0.4, 0.5) is 9.18 Å². The molecule has 0 unspecified atom stereocenters. The molecule has 3 heterocycles. The van der Waals surface area contributed by atoms with Crippen LogP contribution < -0.4 is 19.5 Å². The average Bonchev–Trinajstić information content (AvgIpc) is 2.98. The predicted molar refractivity (Wildman–Crippen MR) is 161 cm³/mol. The number of benzene rings is 1. The van der Waals surface area contributed by atoms with Crippen LogP contribution in [0.25, 0.3) is 0 Å². The molecule has 11 nitrogen and oxygen atoms in total. The second-order valence-corrected chi connectivity index (χ2v) is 11.7. The van der Waals surface area contributed by atoms with Crippen LogP contribution in [0.15, 0.2) is 71.2 Å². The van der Waals surface area contributed by atoms with Crippen molar-refractivity contribution < 1.29 is 33.0 Å². The highest BCUT2D eigenvalue weighted by atomic mass is 35.5. The summed E-state index contributed by atoms with van der Waals surface area (Å²) in [4.78, 5) is 49.5. The summed E-state index contributed by atoms with van der Waals surface area (Å²) in [5.74, 6) is -1.20. The molecule has 1 aliphatic heterocycles. The molecule has 0 aliphatic carbocycles. The summed E-state index contributed by atoms with van der Waals surface area (Å²) in [5, 5.41) is 3.52. The topological polar surface area (TPSA) is 132 Å². The van der Waals surface area contributed by atoms with Gasteiger partial charge in [-0.2, -0.15) is 0 Å². The van der Waals surface area contributed by atoms with E-state index in [2.05, 4.69) is 20.0 Å². The number of pyridine rings is 2. The zero-order valence-electron chi connectivity index (χ0n) is 24.5. The van der Waals surface area contributed by atoms with Crippen LogP contribution >= 0.6 is 23.5 Å². The van der Waals surface area contributed by atoms with Gasteiger partial charge in [0.2, 0.25) is 0 Å². The number of hydrogen-bond donors (Lipinski definition) is 2. The first kappa shape index (κ1) is 32.6. The van der Waals surface area contributed by atoms with Crippen LogP contribution in [0.5, 0.6) is 11.5 Å². The molecule has 44 heavy (non-hydrogen) atoms. The Kier molecular flexibility index (Phi) is 10.7. The minimum atomic E-state index is -0.852. The second kappa shape index (κ2) is 14.4. The average molecular weight is 644 g/mol. The summed E-state index contributed by atoms with van der Waals surface area (Å²) in [5.41, 5.74) is 0.429. The fourth-order valence-electron chi connectivity index (χ4n) is 4.07. The number of carbonyl (C=O) groups is 3. The molecule has 3 amide bonds. The van der Waals surface area contributed by atoms with E-state index in [-0.39, 0.29) is 31.7 Å². The van der Waals surface area contributed by atoms with Crippen molar-refractivity contribution in [1.29, 1.82) is 0 Å². The first-order valence-electron chi connectivity index (χ1n) is 13.4. The Morgan fingerprint density at radius 3 is 2.66 bits per heavy atom. The lowest BCUT2D eigenvalue weighted by Crippen LogP contribution is -2.48. The second-order valence-electron chi connectivity index (χ2n) is 10.4. The van der Waals surface area contributed by atoms with Gasteiger partial charge in [0.15, 0.2) is 5.75 Å². The Morgan fingerprint density at radius 1 is 1.16 bits per heavy atom. The number of carbonyl (C=O) groups excluding carboxylic acids is 3. The summed E-state index contributed by atoms with van der Waals surface area (Å²) in [6, 6.07) is 9.57. The van der Waals surface area contributed by atoms with Crippen molar-refractivity contribution in [2.45, 2.75) is 50.8 Å². The Morgan fingerprint density at radius 2 is 1.95 bits per heavy atom. The number of halogens is 2. The van der Waals surface area contributed by atoms with Crippen molar-refractivity contribution in [2.75, 3.05) is 13.7 Å². The van der Waals surface area contributed by atoms with E-state index in [0.29, 0.717) is 38.4 Å². The molecule has 2 N–H and O–H groups in total. The smallest absolute Gasteiger partial charge is 0.417 e. The molecule has 3 aromatic rings. The number of rotatable bonds is 10. The summed E-state index contributed by atoms with van der Waals surface area (Å²) in [7, 11) is 1.45. The molecule has 0 atom stereocenters. The van der Waals surface area contributed by atoms with Crippen LogP contribution in [0, 0.1) is 5.82 Å². The van der Waals surface area contributed by atoms with Gasteiger partial charge in [0.1, 0.15) is 29.3 Å². The maximum atomic E-state index is 13.6. The standard InChI is InChI=1S/C30H31ClFN5O6S/c1-30(2,3)43-29(40)37-13-11-22(25(28(37)39)27(38)36-44-24-7-5-6-21(31)26(24)41-4)35-14-18-10-12-33-16-23(18)42-17-20-9-8-19(32)15-34-20/h5-10,12,15-16,35H,11,13-14,17H2,1-4H3,(H,36,38). The zero-order chi connectivity index (χ0) is 31.9. The van der Waals surface area contributed by atoms with Gasteiger partial charge in [0.05, 0.1) is 35.1 Å². The minimum Gasteiger partial charge on any atom is -0.494 e. The van der Waals surface area contributed by atoms with Crippen LogP contribution in [0.3, 0.4) is 0 Å². The van der Waals surface area contributed by atoms with E-state index < -0.39 is 29.3 Å². The van der Waals surface area contributed by atoms with Gasteiger partial charge in [0, 0.05) is 37.0 Å². The summed E-state index contributed by atoms with van der Waals surface area (Å²) in [6.07, 6.45) is 3.52. The third kappa shape index (κ3) is 8.38. The van der Waals surface area contributed by atoms with Crippen molar-refractivity contribution in [1.82, 2.24) is 24.9 Å². The SMILES string of the molecule is COc1c(Cl)cccc1SNC(=O)C1=C(NCc2ccncc2OCc2ccc(F)cn2)CCN(C(=O)OC(C)(C)C)C1=O. The molecule has 0 fully saturated rings. The first-order chi connectivity index (χ1) is 21.0. The van der Waals surface area contributed by atoms with Gasteiger partial charge >= 0.3 is 6.09 Å². The third-order valence-electron chi connectivity index (χ3n) is 6.10. The Hall–Kier alpha value is -4.36. The first-order valence-corrected chi connectivity index (χ1v) is 14.6. The van der Waals surface area contributed by atoms with Crippen molar-refractivity contribution in [2.24, 2.45) is 0 Å². The van der Waals surface area contributed by atoms with Gasteiger partial charge in [-0.3, -0.25) is 24.3 Å². The normalized spacial score (nSPS) is 13.4. The Bertz CT molecular complexity index is 1560. The van der Waals surface area contributed by atoms with Crippen LogP contribution in [0.1, 0.15) is 38.4 Å². The number of hydrogen-bond acceptors (Lipinski definition) is 10. The lowest BCUT2D eigenvalue weighted by Gasteiger charge is -2.31. The van der Waals surface area contributed by atoms with Gasteiger partial charge in [-0.1, -0.05) is 17.7 Å². The maximum absolute atomic E-state index is 13.6. The number of ether oxygens (including phenoxy) is 3. The van der Waals surface area contributed by atoms with E-state index in [4.69, 9.17) is 25.8 Å². The molecule has 232 valence electrons. The number of methoxy groups -OCH3 is 1. The predicted octanol–water partition coefficient (Wildman–Crippen LogP) is 5.19. The van der Waals surface area contributed by atoms with Crippen LogP contribution in [-0.2, 0) is 27.5 Å². The molecular weight excluding hydrogens is 613 g/mol.